The molecular weight excluding hydrogens is 499 g/mol. The number of aromatic nitrogens is 2. The van der Waals surface area contributed by atoms with Crippen LogP contribution < -0.4 is 5.32 Å². The van der Waals surface area contributed by atoms with Crippen molar-refractivity contribution < 1.29 is 0 Å². The standard InChI is InChI=1S/C24H30N6.HI/c1-25-24(30-15-13-28(14-16-30)18-22-5-3-2-4-6-22)27-17-21-7-9-23(10-8-21)19-29-12-11-26-20-29;/h2-12,20H,13-19H2,1H3,(H,25,27);1H. The molecule has 0 aliphatic carbocycles. The van der Waals surface area contributed by atoms with Gasteiger partial charge in [0.25, 0.3) is 0 Å². The van der Waals surface area contributed by atoms with Gasteiger partial charge in [-0.05, 0) is 16.7 Å². The minimum atomic E-state index is 0. The molecule has 0 spiro atoms. The zero-order chi connectivity index (χ0) is 20.6. The fraction of sp³-hybridized carbons (Fsp3) is 0.333. The van der Waals surface area contributed by atoms with Gasteiger partial charge in [-0.1, -0.05) is 54.6 Å². The Balaban J connectivity index is 0.00000272. The molecular formula is C24H31IN6. The molecule has 0 atom stereocenters. The summed E-state index contributed by atoms with van der Waals surface area (Å²) in [5, 5.41) is 3.53. The minimum Gasteiger partial charge on any atom is -0.352 e. The Hall–Kier alpha value is -2.39. The van der Waals surface area contributed by atoms with Crippen molar-refractivity contribution in [2.75, 3.05) is 33.2 Å². The van der Waals surface area contributed by atoms with Gasteiger partial charge in [0.1, 0.15) is 0 Å². The van der Waals surface area contributed by atoms with Crippen LogP contribution in [-0.2, 0) is 19.6 Å². The molecule has 0 saturated carbocycles. The van der Waals surface area contributed by atoms with Crippen LogP contribution in [0.25, 0.3) is 0 Å². The highest BCUT2D eigenvalue weighted by molar-refractivity contribution is 14.0. The Kier molecular flexibility index (Phi) is 8.90. The number of hydrogen-bond donors (Lipinski definition) is 1. The lowest BCUT2D eigenvalue weighted by Crippen LogP contribution is -2.52. The summed E-state index contributed by atoms with van der Waals surface area (Å²) in [6.07, 6.45) is 5.64. The first-order valence-electron chi connectivity index (χ1n) is 10.6. The van der Waals surface area contributed by atoms with Crippen LogP contribution in [0.2, 0.25) is 0 Å². The van der Waals surface area contributed by atoms with Gasteiger partial charge >= 0.3 is 0 Å². The first-order valence-corrected chi connectivity index (χ1v) is 10.6. The maximum absolute atomic E-state index is 4.51. The number of imidazole rings is 1. The SMILES string of the molecule is CN=C(NCc1ccc(Cn2ccnc2)cc1)N1CCN(Cc2ccccc2)CC1.I. The molecule has 4 rings (SSSR count). The monoisotopic (exact) mass is 530 g/mol. The number of halogens is 1. The van der Waals surface area contributed by atoms with Crippen molar-refractivity contribution in [2.24, 2.45) is 4.99 Å². The van der Waals surface area contributed by atoms with Crippen molar-refractivity contribution in [3.05, 3.63) is 90.0 Å². The third-order valence-corrected chi connectivity index (χ3v) is 5.53. The summed E-state index contributed by atoms with van der Waals surface area (Å²) in [7, 11) is 1.87. The number of guanidine groups is 1. The van der Waals surface area contributed by atoms with Gasteiger partial charge in [0.15, 0.2) is 5.96 Å². The fourth-order valence-electron chi connectivity index (χ4n) is 3.83. The van der Waals surface area contributed by atoms with Crippen molar-refractivity contribution >= 4 is 29.9 Å². The van der Waals surface area contributed by atoms with Crippen molar-refractivity contribution in [3.63, 3.8) is 0 Å². The summed E-state index contributed by atoms with van der Waals surface area (Å²) >= 11 is 0. The Bertz CT molecular complexity index is 916. The number of rotatable bonds is 6. The number of nitrogens with one attached hydrogen (secondary N) is 1. The molecule has 2 aromatic carbocycles. The van der Waals surface area contributed by atoms with E-state index in [1.165, 1.54) is 16.7 Å². The first-order chi connectivity index (χ1) is 14.8. The largest absolute Gasteiger partial charge is 0.352 e. The van der Waals surface area contributed by atoms with Gasteiger partial charge in [-0.15, -0.1) is 24.0 Å². The van der Waals surface area contributed by atoms with E-state index in [4.69, 9.17) is 0 Å². The topological polar surface area (TPSA) is 48.7 Å². The van der Waals surface area contributed by atoms with Gasteiger partial charge in [0, 0.05) is 65.3 Å². The zero-order valence-electron chi connectivity index (χ0n) is 18.0. The fourth-order valence-corrected chi connectivity index (χ4v) is 3.83. The summed E-state index contributed by atoms with van der Waals surface area (Å²) in [5.74, 6) is 0.983. The molecule has 0 radical (unpaired) electrons. The molecule has 1 aromatic heterocycles. The summed E-state index contributed by atoms with van der Waals surface area (Å²) in [4.78, 5) is 13.5. The minimum absolute atomic E-state index is 0. The number of piperazine rings is 1. The highest BCUT2D eigenvalue weighted by atomic mass is 127. The van der Waals surface area contributed by atoms with E-state index in [1.54, 1.807) is 0 Å². The van der Waals surface area contributed by atoms with Gasteiger partial charge in [0.2, 0.25) is 0 Å². The van der Waals surface area contributed by atoms with E-state index in [2.05, 4.69) is 84.3 Å². The zero-order valence-corrected chi connectivity index (χ0v) is 20.4. The predicted molar refractivity (Wildman–Crippen MR) is 137 cm³/mol. The smallest absolute Gasteiger partial charge is 0.194 e. The molecule has 1 saturated heterocycles. The van der Waals surface area contributed by atoms with Crippen LogP contribution in [0.15, 0.2) is 78.3 Å². The lowest BCUT2D eigenvalue weighted by Gasteiger charge is -2.36. The average molecular weight is 530 g/mol. The molecule has 0 bridgehead atoms. The van der Waals surface area contributed by atoms with E-state index in [-0.39, 0.29) is 24.0 Å². The molecule has 6 nitrogen and oxygen atoms in total. The van der Waals surface area contributed by atoms with Gasteiger partial charge in [-0.3, -0.25) is 9.89 Å². The number of aliphatic imine (C=N–C) groups is 1. The molecule has 1 N–H and O–H groups in total. The third-order valence-electron chi connectivity index (χ3n) is 5.53. The van der Waals surface area contributed by atoms with E-state index in [1.807, 2.05) is 25.8 Å². The molecule has 0 unspecified atom stereocenters. The average Bonchev–Trinajstić information content (AvgIpc) is 3.30. The number of nitrogens with zero attached hydrogens (tertiary/aromatic N) is 5. The second-order valence-electron chi connectivity index (χ2n) is 7.70. The molecule has 164 valence electrons. The van der Waals surface area contributed by atoms with Crippen LogP contribution in [0.4, 0.5) is 0 Å². The molecule has 1 aliphatic rings. The highest BCUT2D eigenvalue weighted by Gasteiger charge is 2.19. The van der Waals surface area contributed by atoms with Crippen LogP contribution in [0.3, 0.4) is 0 Å². The lowest BCUT2D eigenvalue weighted by atomic mass is 10.1. The summed E-state index contributed by atoms with van der Waals surface area (Å²) in [5.41, 5.74) is 3.91. The van der Waals surface area contributed by atoms with Crippen LogP contribution in [0.5, 0.6) is 0 Å². The summed E-state index contributed by atoms with van der Waals surface area (Å²) in [6, 6.07) is 19.4. The quantitative estimate of drug-likeness (QED) is 0.302. The Morgan fingerprint density at radius 3 is 2.23 bits per heavy atom. The molecule has 3 aromatic rings. The van der Waals surface area contributed by atoms with Crippen molar-refractivity contribution in [1.82, 2.24) is 24.7 Å². The molecule has 1 aliphatic heterocycles. The molecule has 31 heavy (non-hydrogen) atoms. The number of hydrogen-bond acceptors (Lipinski definition) is 3. The predicted octanol–water partition coefficient (Wildman–Crippen LogP) is 3.44. The van der Waals surface area contributed by atoms with Crippen LogP contribution in [0.1, 0.15) is 16.7 Å². The summed E-state index contributed by atoms with van der Waals surface area (Å²) in [6.45, 7) is 6.75. The Morgan fingerprint density at radius 2 is 1.58 bits per heavy atom. The first kappa shape index (κ1) is 23.3. The lowest BCUT2D eigenvalue weighted by molar-refractivity contribution is 0.172. The van der Waals surface area contributed by atoms with E-state index >= 15 is 0 Å². The maximum atomic E-state index is 4.51. The Morgan fingerprint density at radius 1 is 0.903 bits per heavy atom. The van der Waals surface area contributed by atoms with E-state index in [9.17, 15) is 0 Å². The van der Waals surface area contributed by atoms with E-state index in [0.717, 1.165) is 51.8 Å². The van der Waals surface area contributed by atoms with Gasteiger partial charge in [0.05, 0.1) is 6.33 Å². The Labute approximate surface area is 202 Å². The van der Waals surface area contributed by atoms with Gasteiger partial charge in [-0.2, -0.15) is 0 Å². The van der Waals surface area contributed by atoms with Crippen molar-refractivity contribution in [3.8, 4) is 0 Å². The maximum Gasteiger partial charge on any atom is 0.194 e. The van der Waals surface area contributed by atoms with Crippen molar-refractivity contribution in [2.45, 2.75) is 19.6 Å². The third kappa shape index (κ3) is 6.80. The second-order valence-corrected chi connectivity index (χ2v) is 7.70. The molecule has 0 amide bonds. The van der Waals surface area contributed by atoms with E-state index < -0.39 is 0 Å². The van der Waals surface area contributed by atoms with Crippen molar-refractivity contribution in [1.29, 1.82) is 0 Å². The van der Waals surface area contributed by atoms with Crippen LogP contribution >= 0.6 is 24.0 Å². The molecule has 7 heteroatoms. The second kappa shape index (κ2) is 11.9. The molecule has 2 heterocycles. The molecule has 1 fully saturated rings. The van der Waals surface area contributed by atoms with Crippen LogP contribution in [-0.4, -0.2) is 58.5 Å². The van der Waals surface area contributed by atoms with E-state index in [0.29, 0.717) is 0 Å². The van der Waals surface area contributed by atoms with Crippen LogP contribution in [0, 0.1) is 0 Å². The summed E-state index contributed by atoms with van der Waals surface area (Å²) < 4.78 is 2.08. The normalized spacial score (nSPS) is 14.9. The van der Waals surface area contributed by atoms with Gasteiger partial charge in [-0.25, -0.2) is 4.98 Å². The highest BCUT2D eigenvalue weighted by Crippen LogP contribution is 2.10. The van der Waals surface area contributed by atoms with Gasteiger partial charge < -0.3 is 14.8 Å². The number of benzene rings is 2.